The molecule has 1 aliphatic rings. The van der Waals surface area contributed by atoms with Gasteiger partial charge in [-0.05, 0) is 48.0 Å². The van der Waals surface area contributed by atoms with Crippen molar-refractivity contribution in [1.29, 1.82) is 0 Å². The number of phenols is 1. The summed E-state index contributed by atoms with van der Waals surface area (Å²) in [7, 11) is -2.49. The molecule has 0 radical (unpaired) electrons. The lowest BCUT2D eigenvalue weighted by Crippen LogP contribution is -2.38. The second-order valence-electron chi connectivity index (χ2n) is 6.43. The molecule has 0 aromatic heterocycles. The number of sulfonamides is 1. The van der Waals surface area contributed by atoms with Gasteiger partial charge in [-0.15, -0.1) is 0 Å². The SMILES string of the molecule is COc1cc(/C=C2\NC(=O)N(CC(=O)Nc3ccc(S(N)(=O)=O)cc3)C2=O)ccc1O. The van der Waals surface area contributed by atoms with Gasteiger partial charge in [0.05, 0.1) is 12.0 Å². The second kappa shape index (κ2) is 8.45. The zero-order valence-electron chi connectivity index (χ0n) is 16.2. The van der Waals surface area contributed by atoms with Crippen molar-refractivity contribution in [3.05, 3.63) is 53.7 Å². The molecule has 3 rings (SSSR count). The zero-order valence-corrected chi connectivity index (χ0v) is 17.0. The van der Waals surface area contributed by atoms with Crippen LogP contribution in [0, 0.1) is 0 Å². The number of nitrogens with two attached hydrogens (primary N) is 1. The van der Waals surface area contributed by atoms with E-state index in [1.165, 1.54) is 55.7 Å². The maximum atomic E-state index is 12.5. The van der Waals surface area contributed by atoms with Crippen LogP contribution in [0.5, 0.6) is 11.5 Å². The summed E-state index contributed by atoms with van der Waals surface area (Å²) in [6.45, 7) is -0.558. The van der Waals surface area contributed by atoms with Crippen LogP contribution in [0.4, 0.5) is 10.5 Å². The van der Waals surface area contributed by atoms with E-state index >= 15 is 0 Å². The number of benzene rings is 2. The van der Waals surface area contributed by atoms with Crippen LogP contribution in [0.15, 0.2) is 53.1 Å². The van der Waals surface area contributed by atoms with Crippen LogP contribution in [-0.2, 0) is 19.6 Å². The third-order valence-electron chi connectivity index (χ3n) is 4.25. The molecule has 162 valence electrons. The summed E-state index contributed by atoms with van der Waals surface area (Å²) in [6, 6.07) is 8.67. The number of primary sulfonamides is 1. The Morgan fingerprint density at radius 3 is 2.52 bits per heavy atom. The van der Waals surface area contributed by atoms with E-state index in [0.29, 0.717) is 5.56 Å². The van der Waals surface area contributed by atoms with E-state index in [9.17, 15) is 27.9 Å². The van der Waals surface area contributed by atoms with Gasteiger partial charge < -0.3 is 20.5 Å². The van der Waals surface area contributed by atoms with Crippen molar-refractivity contribution in [2.45, 2.75) is 4.90 Å². The van der Waals surface area contributed by atoms with Gasteiger partial charge in [-0.2, -0.15) is 0 Å². The van der Waals surface area contributed by atoms with Crippen molar-refractivity contribution < 1.29 is 32.6 Å². The van der Waals surface area contributed by atoms with Crippen LogP contribution in [0.1, 0.15) is 5.56 Å². The number of methoxy groups -OCH3 is 1. The van der Waals surface area contributed by atoms with Crippen LogP contribution in [0.25, 0.3) is 6.08 Å². The highest BCUT2D eigenvalue weighted by molar-refractivity contribution is 7.89. The van der Waals surface area contributed by atoms with Gasteiger partial charge in [-0.1, -0.05) is 6.07 Å². The molecule has 0 unspecified atom stereocenters. The second-order valence-corrected chi connectivity index (χ2v) is 7.99. The van der Waals surface area contributed by atoms with E-state index < -0.39 is 34.4 Å². The Kier molecular flexibility index (Phi) is 5.95. The van der Waals surface area contributed by atoms with Crippen LogP contribution in [0.2, 0.25) is 0 Å². The number of anilines is 1. The lowest BCUT2D eigenvalue weighted by atomic mass is 10.1. The van der Waals surface area contributed by atoms with Crippen molar-refractivity contribution in [3.63, 3.8) is 0 Å². The fourth-order valence-corrected chi connectivity index (χ4v) is 3.25. The minimum absolute atomic E-state index is 0.0527. The third-order valence-corrected chi connectivity index (χ3v) is 5.17. The van der Waals surface area contributed by atoms with Gasteiger partial charge in [0.2, 0.25) is 15.9 Å². The van der Waals surface area contributed by atoms with Crippen LogP contribution >= 0.6 is 0 Å². The molecular weight excluding hydrogens is 428 g/mol. The largest absolute Gasteiger partial charge is 0.504 e. The number of rotatable bonds is 6. The number of imide groups is 1. The number of hydrogen-bond donors (Lipinski definition) is 4. The average Bonchev–Trinajstić information content (AvgIpc) is 2.96. The molecule has 0 bridgehead atoms. The Hall–Kier alpha value is -3.90. The van der Waals surface area contributed by atoms with Gasteiger partial charge in [0, 0.05) is 5.69 Å². The molecule has 0 atom stereocenters. The molecule has 2 aromatic rings. The Balaban J connectivity index is 1.69. The number of nitrogens with one attached hydrogen (secondary N) is 2. The van der Waals surface area contributed by atoms with E-state index in [4.69, 9.17) is 9.88 Å². The molecule has 11 nitrogen and oxygen atoms in total. The Labute approximate surface area is 177 Å². The molecule has 0 spiro atoms. The maximum Gasteiger partial charge on any atom is 0.329 e. The van der Waals surface area contributed by atoms with Crippen molar-refractivity contribution in [2.75, 3.05) is 19.0 Å². The molecule has 1 fully saturated rings. The number of aromatic hydroxyl groups is 1. The fraction of sp³-hybridized carbons (Fsp3) is 0.105. The predicted molar refractivity (Wildman–Crippen MR) is 109 cm³/mol. The number of amides is 4. The smallest absolute Gasteiger partial charge is 0.329 e. The molecule has 2 aromatic carbocycles. The summed E-state index contributed by atoms with van der Waals surface area (Å²) in [5.41, 5.74) is 0.694. The molecule has 31 heavy (non-hydrogen) atoms. The molecule has 1 aliphatic heterocycles. The minimum atomic E-state index is -3.87. The summed E-state index contributed by atoms with van der Waals surface area (Å²) < 4.78 is 27.5. The summed E-state index contributed by atoms with van der Waals surface area (Å²) in [4.78, 5) is 37.5. The van der Waals surface area contributed by atoms with E-state index in [-0.39, 0.29) is 27.8 Å². The average molecular weight is 446 g/mol. The number of carbonyl (C=O) groups excluding carboxylic acids is 3. The molecular formula is C19H18N4O7S. The molecule has 12 heteroatoms. The molecule has 0 saturated carbocycles. The van der Waals surface area contributed by atoms with Crippen LogP contribution in [-0.4, -0.2) is 49.9 Å². The lowest BCUT2D eigenvalue weighted by Gasteiger charge is -2.12. The first kappa shape index (κ1) is 21.8. The highest BCUT2D eigenvalue weighted by Gasteiger charge is 2.35. The van der Waals surface area contributed by atoms with Gasteiger partial charge in [-0.3, -0.25) is 9.59 Å². The van der Waals surface area contributed by atoms with E-state index in [1.807, 2.05) is 0 Å². The predicted octanol–water partition coefficient (Wildman–Crippen LogP) is 0.580. The van der Waals surface area contributed by atoms with Gasteiger partial charge >= 0.3 is 6.03 Å². The maximum absolute atomic E-state index is 12.5. The number of ether oxygens (including phenoxy) is 1. The van der Waals surface area contributed by atoms with E-state index in [1.54, 1.807) is 0 Å². The Morgan fingerprint density at radius 2 is 1.90 bits per heavy atom. The van der Waals surface area contributed by atoms with Crippen LogP contribution < -0.4 is 20.5 Å². The highest BCUT2D eigenvalue weighted by atomic mass is 32.2. The monoisotopic (exact) mass is 446 g/mol. The van der Waals surface area contributed by atoms with Gasteiger partial charge in [0.15, 0.2) is 11.5 Å². The Bertz CT molecular complexity index is 1190. The number of carbonyl (C=O) groups is 3. The third kappa shape index (κ3) is 4.99. The highest BCUT2D eigenvalue weighted by Crippen LogP contribution is 2.27. The summed E-state index contributed by atoms with van der Waals surface area (Å²) in [6.07, 6.45) is 1.38. The quantitative estimate of drug-likeness (QED) is 0.372. The van der Waals surface area contributed by atoms with Crippen LogP contribution in [0.3, 0.4) is 0 Å². The summed E-state index contributed by atoms with van der Waals surface area (Å²) in [5, 5.41) is 19.5. The number of hydrogen-bond acceptors (Lipinski definition) is 7. The van der Waals surface area contributed by atoms with E-state index in [0.717, 1.165) is 4.90 Å². The van der Waals surface area contributed by atoms with Gasteiger partial charge in [-0.25, -0.2) is 23.3 Å². The normalized spacial score (nSPS) is 15.2. The molecule has 5 N–H and O–H groups in total. The number of phenolic OH excluding ortho intramolecular Hbond substituents is 1. The lowest BCUT2D eigenvalue weighted by molar-refractivity contribution is -0.127. The molecule has 1 saturated heterocycles. The number of urea groups is 1. The van der Waals surface area contributed by atoms with Crippen molar-refractivity contribution in [1.82, 2.24) is 10.2 Å². The van der Waals surface area contributed by atoms with E-state index in [2.05, 4.69) is 10.6 Å². The molecule has 4 amide bonds. The number of nitrogens with zero attached hydrogens (tertiary/aromatic N) is 1. The molecule has 1 heterocycles. The summed E-state index contributed by atoms with van der Waals surface area (Å²) in [5.74, 6) is -1.27. The zero-order chi connectivity index (χ0) is 22.8. The topological polar surface area (TPSA) is 168 Å². The first-order chi connectivity index (χ1) is 14.6. The first-order valence-corrected chi connectivity index (χ1v) is 10.3. The van der Waals surface area contributed by atoms with Gasteiger partial charge in [0.25, 0.3) is 5.91 Å². The standard InChI is InChI=1S/C19H18N4O7S/c1-30-16-9-11(2-7-15(16)24)8-14-18(26)23(19(27)22-14)10-17(25)21-12-3-5-13(6-4-12)31(20,28)29/h2-9,24H,10H2,1H3,(H,21,25)(H,22,27)(H2,20,28,29)/b14-8-. The van der Waals surface area contributed by atoms with Crippen molar-refractivity contribution in [3.8, 4) is 11.5 Å². The minimum Gasteiger partial charge on any atom is -0.504 e. The van der Waals surface area contributed by atoms with Crippen molar-refractivity contribution in [2.24, 2.45) is 5.14 Å². The fourth-order valence-electron chi connectivity index (χ4n) is 2.74. The molecule has 0 aliphatic carbocycles. The first-order valence-electron chi connectivity index (χ1n) is 8.73. The van der Waals surface area contributed by atoms with Gasteiger partial charge in [0.1, 0.15) is 12.2 Å². The summed E-state index contributed by atoms with van der Waals surface area (Å²) >= 11 is 0. The van der Waals surface area contributed by atoms with Crippen molar-refractivity contribution >= 4 is 39.6 Å². The Morgan fingerprint density at radius 1 is 1.23 bits per heavy atom.